The molecule has 0 bridgehead atoms. The van der Waals surface area contributed by atoms with Gasteiger partial charge in [0.25, 0.3) is 0 Å². The molecule has 4 aromatic heterocycles. The number of ether oxygens (including phenoxy) is 1. The number of fused-ring (bicyclic) bond motifs is 1. The van der Waals surface area contributed by atoms with Crippen LogP contribution in [0.4, 0.5) is 16.3 Å². The van der Waals surface area contributed by atoms with Gasteiger partial charge in [0.2, 0.25) is 0 Å². The minimum absolute atomic E-state index is 0.148. The number of carbonyl (C=O) groups is 1. The fourth-order valence-corrected chi connectivity index (χ4v) is 4.15. The number of pyridine rings is 1. The third-order valence-corrected chi connectivity index (χ3v) is 6.06. The summed E-state index contributed by atoms with van der Waals surface area (Å²) in [5.41, 5.74) is 2.66. The van der Waals surface area contributed by atoms with Gasteiger partial charge in [-0.1, -0.05) is 13.8 Å². The minimum atomic E-state index is -0.584. The molecule has 0 spiro atoms. The first-order valence-electron chi connectivity index (χ1n) is 12.8. The molecule has 2 N–H and O–H groups in total. The first kappa shape index (κ1) is 26.2. The van der Waals surface area contributed by atoms with E-state index in [1.165, 1.54) is 0 Å². The molecule has 0 aliphatic carbocycles. The van der Waals surface area contributed by atoms with Gasteiger partial charge in [-0.05, 0) is 70.6 Å². The highest BCUT2D eigenvalue weighted by atomic mass is 16.5. The predicted octanol–water partition coefficient (Wildman–Crippen LogP) is 6.04. The maximum absolute atomic E-state index is 12.1. The zero-order valence-corrected chi connectivity index (χ0v) is 21.8. The summed E-state index contributed by atoms with van der Waals surface area (Å²) in [6.45, 7) is 11.6. The molecule has 196 valence electrons. The fourth-order valence-electron chi connectivity index (χ4n) is 4.15. The second-order valence-corrected chi connectivity index (χ2v) is 8.66. The molecule has 10 heteroatoms. The average molecular weight is 507 g/mol. The Balaban J connectivity index is 1.73. The number of furan rings is 2. The van der Waals surface area contributed by atoms with Crippen LogP contribution in [0.2, 0.25) is 0 Å². The van der Waals surface area contributed by atoms with Crippen molar-refractivity contribution in [3.05, 3.63) is 42.9 Å². The summed E-state index contributed by atoms with van der Waals surface area (Å²) in [7, 11) is 0. The van der Waals surface area contributed by atoms with Crippen LogP contribution in [0.25, 0.3) is 34.1 Å². The summed E-state index contributed by atoms with van der Waals surface area (Å²) in [5, 5.41) is 6.25. The molecule has 0 aliphatic rings. The smallest absolute Gasteiger partial charge is 0.412 e. The molecule has 0 fully saturated rings. The summed E-state index contributed by atoms with van der Waals surface area (Å²) >= 11 is 0. The van der Waals surface area contributed by atoms with E-state index in [9.17, 15) is 4.79 Å². The SMILES string of the molecule is CCOC(=O)Nc1cc(NC(C)CCCN(CC)CC)c2nc(-c3ccco3)c(-c3ccco3)nc2n1. The number of carbonyl (C=O) groups excluding carboxylic acids is 1. The van der Waals surface area contributed by atoms with Crippen LogP contribution in [0.3, 0.4) is 0 Å². The first-order chi connectivity index (χ1) is 18.0. The van der Waals surface area contributed by atoms with Crippen LogP contribution >= 0.6 is 0 Å². The van der Waals surface area contributed by atoms with Crippen molar-refractivity contribution in [2.24, 2.45) is 0 Å². The fraction of sp³-hybridized carbons (Fsp3) is 0.407. The number of nitrogens with one attached hydrogen (secondary N) is 2. The van der Waals surface area contributed by atoms with Crippen molar-refractivity contribution < 1.29 is 18.4 Å². The zero-order chi connectivity index (χ0) is 26.2. The number of aromatic nitrogens is 3. The van der Waals surface area contributed by atoms with E-state index in [2.05, 4.69) is 41.3 Å². The highest BCUT2D eigenvalue weighted by molar-refractivity contribution is 5.93. The van der Waals surface area contributed by atoms with E-state index in [-0.39, 0.29) is 12.6 Å². The second kappa shape index (κ2) is 12.4. The van der Waals surface area contributed by atoms with Gasteiger partial charge in [-0.15, -0.1) is 0 Å². The van der Waals surface area contributed by atoms with E-state index in [1.807, 2.05) is 6.07 Å². The topological polar surface area (TPSA) is 119 Å². The monoisotopic (exact) mass is 506 g/mol. The van der Waals surface area contributed by atoms with Crippen molar-refractivity contribution >= 4 is 28.8 Å². The Morgan fingerprint density at radius 1 is 1.03 bits per heavy atom. The van der Waals surface area contributed by atoms with Gasteiger partial charge < -0.3 is 23.8 Å². The molecule has 0 aliphatic heterocycles. The van der Waals surface area contributed by atoms with Crippen molar-refractivity contribution in [1.29, 1.82) is 0 Å². The summed E-state index contributed by atoms with van der Waals surface area (Å²) in [6, 6.07) is 9.12. The van der Waals surface area contributed by atoms with Crippen LogP contribution in [0.5, 0.6) is 0 Å². The van der Waals surface area contributed by atoms with Crippen LogP contribution in [0.1, 0.15) is 40.5 Å². The maximum Gasteiger partial charge on any atom is 0.412 e. The number of nitrogens with zero attached hydrogens (tertiary/aromatic N) is 4. The summed E-state index contributed by atoms with van der Waals surface area (Å²) in [4.78, 5) is 28.8. The van der Waals surface area contributed by atoms with Gasteiger partial charge in [-0.25, -0.2) is 19.7 Å². The summed E-state index contributed by atoms with van der Waals surface area (Å²) < 4.78 is 16.3. The van der Waals surface area contributed by atoms with Crippen LogP contribution in [-0.4, -0.2) is 58.2 Å². The molecule has 0 saturated carbocycles. The number of amides is 1. The molecular weight excluding hydrogens is 472 g/mol. The molecule has 4 rings (SSSR count). The lowest BCUT2D eigenvalue weighted by molar-refractivity contribution is 0.168. The predicted molar refractivity (Wildman–Crippen MR) is 143 cm³/mol. The molecule has 0 saturated heterocycles. The Bertz CT molecular complexity index is 1290. The van der Waals surface area contributed by atoms with Gasteiger partial charge >= 0.3 is 6.09 Å². The molecule has 0 aromatic carbocycles. The Hall–Kier alpha value is -3.92. The van der Waals surface area contributed by atoms with E-state index in [1.54, 1.807) is 43.7 Å². The van der Waals surface area contributed by atoms with E-state index >= 15 is 0 Å². The molecule has 4 aromatic rings. The average Bonchev–Trinajstić information content (AvgIpc) is 3.61. The minimum Gasteiger partial charge on any atom is -0.463 e. The molecule has 1 atom stereocenters. The Morgan fingerprint density at radius 3 is 2.30 bits per heavy atom. The van der Waals surface area contributed by atoms with Crippen LogP contribution in [0.15, 0.2) is 51.7 Å². The lowest BCUT2D eigenvalue weighted by Crippen LogP contribution is -2.25. The third-order valence-electron chi connectivity index (χ3n) is 6.06. The molecule has 1 amide bonds. The van der Waals surface area contributed by atoms with Crippen molar-refractivity contribution in [2.75, 3.05) is 36.9 Å². The van der Waals surface area contributed by atoms with Crippen molar-refractivity contribution in [3.63, 3.8) is 0 Å². The number of rotatable bonds is 12. The first-order valence-corrected chi connectivity index (χ1v) is 12.8. The Labute approximate surface area is 216 Å². The van der Waals surface area contributed by atoms with Gasteiger partial charge in [0.15, 0.2) is 17.2 Å². The standard InChI is InChI=1S/C27H34N6O4/c1-5-33(6-2)14-8-11-18(4)28-19-17-22(30-27(34)35-7-3)29-26-23(19)31-24(20-12-9-15-36-20)25(32-26)21-13-10-16-37-21/h9-10,12-13,15-18H,5-8,11,14H2,1-4H3,(H2,28,29,30,32,34). The zero-order valence-electron chi connectivity index (χ0n) is 21.8. The lowest BCUT2D eigenvalue weighted by atomic mass is 10.1. The second-order valence-electron chi connectivity index (χ2n) is 8.66. The van der Waals surface area contributed by atoms with Crippen LogP contribution in [-0.2, 0) is 4.74 Å². The lowest BCUT2D eigenvalue weighted by Gasteiger charge is -2.21. The number of hydrogen-bond donors (Lipinski definition) is 2. The Morgan fingerprint density at radius 2 is 1.70 bits per heavy atom. The van der Waals surface area contributed by atoms with Crippen LogP contribution in [0, 0.1) is 0 Å². The molecular formula is C27H34N6O4. The van der Waals surface area contributed by atoms with Crippen molar-refractivity contribution in [1.82, 2.24) is 19.9 Å². The van der Waals surface area contributed by atoms with Crippen molar-refractivity contribution in [2.45, 2.75) is 46.6 Å². The highest BCUT2D eigenvalue weighted by Crippen LogP contribution is 2.34. The highest BCUT2D eigenvalue weighted by Gasteiger charge is 2.21. The van der Waals surface area contributed by atoms with E-state index < -0.39 is 6.09 Å². The van der Waals surface area contributed by atoms with Gasteiger partial charge in [0.1, 0.15) is 22.7 Å². The van der Waals surface area contributed by atoms with Crippen LogP contribution < -0.4 is 10.6 Å². The molecule has 10 nitrogen and oxygen atoms in total. The molecule has 1 unspecified atom stereocenters. The summed E-state index contributed by atoms with van der Waals surface area (Å²) in [5.74, 6) is 1.41. The van der Waals surface area contributed by atoms with Gasteiger partial charge in [-0.3, -0.25) is 5.32 Å². The largest absolute Gasteiger partial charge is 0.463 e. The Kier molecular flexibility index (Phi) is 8.73. The molecule has 0 radical (unpaired) electrons. The van der Waals surface area contributed by atoms with E-state index in [0.29, 0.717) is 45.6 Å². The van der Waals surface area contributed by atoms with Crippen molar-refractivity contribution in [3.8, 4) is 22.9 Å². The third kappa shape index (κ3) is 6.45. The quantitative estimate of drug-likeness (QED) is 0.237. The van der Waals surface area contributed by atoms with E-state index in [4.69, 9.17) is 23.5 Å². The molecule has 4 heterocycles. The van der Waals surface area contributed by atoms with Gasteiger partial charge in [-0.2, -0.15) is 0 Å². The van der Waals surface area contributed by atoms with E-state index in [0.717, 1.165) is 32.5 Å². The van der Waals surface area contributed by atoms with Gasteiger partial charge in [0, 0.05) is 12.1 Å². The number of hydrogen-bond acceptors (Lipinski definition) is 9. The van der Waals surface area contributed by atoms with Gasteiger partial charge in [0.05, 0.1) is 24.8 Å². The summed E-state index contributed by atoms with van der Waals surface area (Å²) in [6.07, 6.45) is 4.60. The molecule has 37 heavy (non-hydrogen) atoms. The number of anilines is 2. The normalized spacial score (nSPS) is 12.1. The maximum atomic E-state index is 12.1.